The number of hydrogen-bond acceptors (Lipinski definition) is 4. The van der Waals surface area contributed by atoms with Crippen molar-refractivity contribution in [2.45, 2.75) is 65.4 Å². The maximum absolute atomic E-state index is 13.3. The zero-order valence-electron chi connectivity index (χ0n) is 19.5. The van der Waals surface area contributed by atoms with E-state index in [2.05, 4.69) is 53.9 Å². The molecular formula is C26H31N3O3. The zero-order chi connectivity index (χ0) is 22.6. The highest BCUT2D eigenvalue weighted by Gasteiger charge is 2.30. The van der Waals surface area contributed by atoms with E-state index < -0.39 is 0 Å². The van der Waals surface area contributed by atoms with Gasteiger partial charge in [0.2, 0.25) is 0 Å². The van der Waals surface area contributed by atoms with E-state index in [1.54, 1.807) is 0 Å². The Hall–Kier alpha value is -2.86. The summed E-state index contributed by atoms with van der Waals surface area (Å²) in [7, 11) is 0. The lowest BCUT2D eigenvalue weighted by Gasteiger charge is -2.35. The van der Waals surface area contributed by atoms with Gasteiger partial charge in [-0.1, -0.05) is 17.3 Å². The van der Waals surface area contributed by atoms with Crippen molar-refractivity contribution in [1.29, 1.82) is 0 Å². The van der Waals surface area contributed by atoms with Crippen molar-refractivity contribution in [2.24, 2.45) is 5.16 Å². The molecule has 6 nitrogen and oxygen atoms in total. The molecule has 1 saturated heterocycles. The number of hydrogen-bond donors (Lipinski definition) is 0. The molecule has 2 aliphatic heterocycles. The van der Waals surface area contributed by atoms with Gasteiger partial charge < -0.3 is 19.0 Å². The second kappa shape index (κ2) is 7.93. The molecular weight excluding hydrogens is 402 g/mol. The van der Waals surface area contributed by atoms with Crippen molar-refractivity contribution in [2.75, 3.05) is 13.1 Å². The number of ether oxygens (including phenoxy) is 1. The Kier molecular flexibility index (Phi) is 5.20. The number of benzene rings is 2. The first-order valence-electron chi connectivity index (χ1n) is 11.6. The fourth-order valence-electron chi connectivity index (χ4n) is 5.45. The molecule has 32 heavy (non-hydrogen) atoms. The Morgan fingerprint density at radius 1 is 1.03 bits per heavy atom. The molecule has 0 radical (unpaired) electrons. The summed E-state index contributed by atoms with van der Waals surface area (Å²) in [6, 6.07) is 12.7. The summed E-state index contributed by atoms with van der Waals surface area (Å²) in [6.07, 6.45) is 0.149. The van der Waals surface area contributed by atoms with Gasteiger partial charge in [-0.05, 0) is 64.4 Å². The highest BCUT2D eigenvalue weighted by Crippen LogP contribution is 2.35. The minimum atomic E-state index is 0.0365. The summed E-state index contributed by atoms with van der Waals surface area (Å²) >= 11 is 0. The standard InChI is InChI=1S/C26H31N3O3/c1-6-29-23-10-8-20(26(30)28-13-15(2)31-16(3)14-28)11-22(23)21-9-7-19(12-24(21)29)25-17(4)27-32-18(25)5/h7-12,15-16,18,25H,6,13-14H2,1-5H3/t15-,16+,18?,25?. The van der Waals surface area contributed by atoms with Gasteiger partial charge in [0, 0.05) is 47.0 Å². The number of carbonyl (C=O) groups excluding carboxylic acids is 1. The van der Waals surface area contributed by atoms with Crippen LogP contribution in [0.3, 0.4) is 0 Å². The molecule has 0 spiro atoms. The lowest BCUT2D eigenvalue weighted by molar-refractivity contribution is -0.0586. The van der Waals surface area contributed by atoms with E-state index in [0.717, 1.165) is 28.7 Å². The van der Waals surface area contributed by atoms with Crippen LogP contribution in [-0.2, 0) is 16.1 Å². The summed E-state index contributed by atoms with van der Waals surface area (Å²) in [4.78, 5) is 20.7. The lowest BCUT2D eigenvalue weighted by atomic mass is 9.90. The van der Waals surface area contributed by atoms with Crippen LogP contribution in [0.5, 0.6) is 0 Å². The van der Waals surface area contributed by atoms with Gasteiger partial charge in [0.05, 0.1) is 23.8 Å². The van der Waals surface area contributed by atoms with Gasteiger partial charge in [0.1, 0.15) is 6.10 Å². The minimum absolute atomic E-state index is 0.0365. The Bertz CT molecular complexity index is 1220. The molecule has 2 unspecified atom stereocenters. The molecule has 4 atom stereocenters. The summed E-state index contributed by atoms with van der Waals surface area (Å²) in [5.74, 6) is 0.247. The van der Waals surface area contributed by atoms with Crippen LogP contribution in [0, 0.1) is 0 Å². The van der Waals surface area contributed by atoms with Crippen LogP contribution in [0.15, 0.2) is 41.6 Å². The number of morpholine rings is 1. The van der Waals surface area contributed by atoms with E-state index in [1.165, 1.54) is 16.5 Å². The van der Waals surface area contributed by atoms with Crippen molar-refractivity contribution in [3.8, 4) is 0 Å². The Morgan fingerprint density at radius 2 is 1.78 bits per heavy atom. The number of aryl methyl sites for hydroxylation is 1. The van der Waals surface area contributed by atoms with Gasteiger partial charge in [0.15, 0.2) is 0 Å². The van der Waals surface area contributed by atoms with Crippen LogP contribution in [0.2, 0.25) is 0 Å². The number of amides is 1. The molecule has 1 amide bonds. The van der Waals surface area contributed by atoms with Gasteiger partial charge >= 0.3 is 0 Å². The van der Waals surface area contributed by atoms with Gasteiger partial charge in [-0.2, -0.15) is 0 Å². The van der Waals surface area contributed by atoms with Crippen LogP contribution >= 0.6 is 0 Å². The first-order valence-corrected chi connectivity index (χ1v) is 11.6. The SMILES string of the molecule is CCn1c2ccc(C(=O)N3C[C@@H](C)O[C@@H](C)C3)cc2c2ccc(C3C(C)=NOC3C)cc21. The van der Waals surface area contributed by atoms with Gasteiger partial charge in [-0.25, -0.2) is 0 Å². The molecule has 5 rings (SSSR count). The summed E-state index contributed by atoms with van der Waals surface area (Å²) in [5, 5.41) is 6.48. The molecule has 3 heterocycles. The minimum Gasteiger partial charge on any atom is -0.392 e. The normalized spacial score (nSPS) is 25.9. The average molecular weight is 434 g/mol. The molecule has 2 aliphatic rings. The van der Waals surface area contributed by atoms with E-state index in [4.69, 9.17) is 9.57 Å². The topological polar surface area (TPSA) is 56.1 Å². The van der Waals surface area contributed by atoms with Crippen LogP contribution in [0.4, 0.5) is 0 Å². The quantitative estimate of drug-likeness (QED) is 0.588. The molecule has 168 valence electrons. The number of aromatic nitrogens is 1. The zero-order valence-corrected chi connectivity index (χ0v) is 19.5. The Morgan fingerprint density at radius 3 is 2.44 bits per heavy atom. The van der Waals surface area contributed by atoms with Crippen molar-refractivity contribution >= 4 is 33.4 Å². The second-order valence-electron chi connectivity index (χ2n) is 9.24. The molecule has 2 aromatic carbocycles. The highest BCUT2D eigenvalue weighted by molar-refractivity contribution is 6.11. The first kappa shape index (κ1) is 21.0. The number of oxime groups is 1. The number of rotatable bonds is 3. The van der Waals surface area contributed by atoms with Crippen LogP contribution in [0.1, 0.15) is 56.5 Å². The Balaban J connectivity index is 1.58. The maximum Gasteiger partial charge on any atom is 0.254 e. The fourth-order valence-corrected chi connectivity index (χ4v) is 5.45. The highest BCUT2D eigenvalue weighted by atomic mass is 16.6. The fraction of sp³-hybridized carbons (Fsp3) is 0.462. The van der Waals surface area contributed by atoms with Crippen molar-refractivity contribution in [3.63, 3.8) is 0 Å². The van der Waals surface area contributed by atoms with E-state index in [0.29, 0.717) is 13.1 Å². The van der Waals surface area contributed by atoms with Gasteiger partial charge in [-0.15, -0.1) is 0 Å². The van der Waals surface area contributed by atoms with E-state index in [1.807, 2.05) is 31.7 Å². The molecule has 3 aromatic rings. The molecule has 1 aromatic heterocycles. The molecule has 0 N–H and O–H groups in total. The molecule has 0 saturated carbocycles. The van der Waals surface area contributed by atoms with Gasteiger partial charge in [-0.3, -0.25) is 4.79 Å². The van der Waals surface area contributed by atoms with Crippen LogP contribution in [0.25, 0.3) is 21.8 Å². The lowest BCUT2D eigenvalue weighted by Crippen LogP contribution is -2.48. The summed E-state index contributed by atoms with van der Waals surface area (Å²) in [5.41, 5.74) is 5.30. The average Bonchev–Trinajstić information content (AvgIpc) is 3.27. The van der Waals surface area contributed by atoms with E-state index in [9.17, 15) is 4.79 Å². The smallest absolute Gasteiger partial charge is 0.254 e. The van der Waals surface area contributed by atoms with Crippen molar-refractivity contribution < 1.29 is 14.4 Å². The third-order valence-electron chi connectivity index (χ3n) is 6.80. The van der Waals surface area contributed by atoms with Crippen molar-refractivity contribution in [1.82, 2.24) is 9.47 Å². The van der Waals surface area contributed by atoms with Crippen molar-refractivity contribution in [3.05, 3.63) is 47.5 Å². The molecule has 0 aliphatic carbocycles. The third-order valence-corrected chi connectivity index (χ3v) is 6.80. The largest absolute Gasteiger partial charge is 0.392 e. The van der Waals surface area contributed by atoms with Gasteiger partial charge in [0.25, 0.3) is 5.91 Å². The monoisotopic (exact) mass is 433 g/mol. The molecule has 1 fully saturated rings. The predicted octanol–water partition coefficient (Wildman–Crippen LogP) is 4.94. The van der Waals surface area contributed by atoms with E-state index in [-0.39, 0.29) is 30.1 Å². The summed E-state index contributed by atoms with van der Waals surface area (Å²) in [6.45, 7) is 12.4. The first-order chi connectivity index (χ1) is 15.4. The van der Waals surface area contributed by atoms with Crippen LogP contribution < -0.4 is 0 Å². The summed E-state index contributed by atoms with van der Waals surface area (Å²) < 4.78 is 8.13. The predicted molar refractivity (Wildman–Crippen MR) is 127 cm³/mol. The van der Waals surface area contributed by atoms with E-state index >= 15 is 0 Å². The van der Waals surface area contributed by atoms with Crippen LogP contribution in [-0.4, -0.2) is 52.5 Å². The Labute approximate surface area is 188 Å². The molecule has 0 bridgehead atoms. The number of carbonyl (C=O) groups is 1. The molecule has 6 heteroatoms. The third kappa shape index (κ3) is 3.37. The maximum atomic E-state index is 13.3. The number of fused-ring (bicyclic) bond motifs is 3. The number of nitrogens with zero attached hydrogens (tertiary/aromatic N) is 3. The second-order valence-corrected chi connectivity index (χ2v) is 9.24.